The first kappa shape index (κ1) is 19.5. The normalized spacial score (nSPS) is 12.7. The van der Waals surface area contributed by atoms with E-state index in [1.165, 1.54) is 23.4 Å². The standard InChI is InChI=1S/C18H22N2O3S.ClH/c1-22-14-9-7-12(11-15(14)23-2)8-10-17(21)20-18-19-13-5-3-4-6-16(13)24-18;/h7,9,11H,3-6,8,10H2,1-2H3,(H,19,20,21);1H. The van der Waals surface area contributed by atoms with Gasteiger partial charge < -0.3 is 14.8 Å². The minimum atomic E-state index is -0.00381. The molecule has 1 N–H and O–H groups in total. The summed E-state index contributed by atoms with van der Waals surface area (Å²) in [4.78, 5) is 18.1. The third-order valence-corrected chi connectivity index (χ3v) is 5.25. The number of hydrogen-bond acceptors (Lipinski definition) is 5. The highest BCUT2D eigenvalue weighted by Gasteiger charge is 2.16. The highest BCUT2D eigenvalue weighted by atomic mass is 35.5. The molecule has 5 nitrogen and oxygen atoms in total. The molecule has 0 unspecified atom stereocenters. The van der Waals surface area contributed by atoms with Crippen molar-refractivity contribution in [3.63, 3.8) is 0 Å². The lowest BCUT2D eigenvalue weighted by Gasteiger charge is -2.09. The summed E-state index contributed by atoms with van der Waals surface area (Å²) >= 11 is 1.62. The SMILES string of the molecule is COc1ccc(CCC(=O)Nc2nc3c(s2)CCCC3)cc1OC.Cl. The van der Waals surface area contributed by atoms with Crippen molar-refractivity contribution in [2.24, 2.45) is 0 Å². The van der Waals surface area contributed by atoms with E-state index in [4.69, 9.17) is 9.47 Å². The summed E-state index contributed by atoms with van der Waals surface area (Å²) in [6, 6.07) is 5.73. The van der Waals surface area contributed by atoms with Crippen LogP contribution >= 0.6 is 23.7 Å². The van der Waals surface area contributed by atoms with Gasteiger partial charge in [-0.15, -0.1) is 23.7 Å². The third-order valence-electron chi connectivity index (χ3n) is 4.18. The van der Waals surface area contributed by atoms with Crippen LogP contribution in [0.25, 0.3) is 0 Å². The Morgan fingerprint density at radius 2 is 1.96 bits per heavy atom. The largest absolute Gasteiger partial charge is 0.493 e. The van der Waals surface area contributed by atoms with Crippen molar-refractivity contribution < 1.29 is 14.3 Å². The zero-order valence-electron chi connectivity index (χ0n) is 14.5. The number of thiazole rings is 1. The molecule has 0 radical (unpaired) electrons. The molecular formula is C18H23ClN2O3S. The summed E-state index contributed by atoms with van der Waals surface area (Å²) in [5.41, 5.74) is 2.21. The number of halogens is 1. The Labute approximate surface area is 158 Å². The van der Waals surface area contributed by atoms with Gasteiger partial charge in [-0.25, -0.2) is 4.98 Å². The van der Waals surface area contributed by atoms with Gasteiger partial charge in [-0.05, 0) is 49.8 Å². The average molecular weight is 383 g/mol. The van der Waals surface area contributed by atoms with Crippen molar-refractivity contribution in [2.45, 2.75) is 38.5 Å². The molecule has 0 bridgehead atoms. The lowest BCUT2D eigenvalue weighted by Crippen LogP contribution is -2.12. The maximum atomic E-state index is 12.2. The molecule has 25 heavy (non-hydrogen) atoms. The van der Waals surface area contributed by atoms with Gasteiger partial charge in [0, 0.05) is 11.3 Å². The lowest BCUT2D eigenvalue weighted by molar-refractivity contribution is -0.116. The smallest absolute Gasteiger partial charge is 0.226 e. The second-order valence-electron chi connectivity index (χ2n) is 5.83. The number of methoxy groups -OCH3 is 2. The van der Waals surface area contributed by atoms with Crippen molar-refractivity contribution in [3.8, 4) is 11.5 Å². The predicted octanol–water partition coefficient (Wildman–Crippen LogP) is 4.03. The number of aryl methyl sites for hydroxylation is 3. The molecule has 1 aromatic carbocycles. The first-order chi connectivity index (χ1) is 11.7. The molecule has 1 aromatic heterocycles. The van der Waals surface area contributed by atoms with Crippen LogP contribution in [0.2, 0.25) is 0 Å². The fraction of sp³-hybridized carbons (Fsp3) is 0.444. The van der Waals surface area contributed by atoms with Crippen LogP contribution in [0.1, 0.15) is 35.4 Å². The van der Waals surface area contributed by atoms with Crippen molar-refractivity contribution in [3.05, 3.63) is 34.3 Å². The Hall–Kier alpha value is -1.79. The van der Waals surface area contributed by atoms with E-state index in [0.717, 1.165) is 23.5 Å². The predicted molar refractivity (Wildman–Crippen MR) is 103 cm³/mol. The van der Waals surface area contributed by atoms with Gasteiger partial charge in [0.25, 0.3) is 0 Å². The molecular weight excluding hydrogens is 360 g/mol. The fourth-order valence-electron chi connectivity index (χ4n) is 2.88. The van der Waals surface area contributed by atoms with Crippen molar-refractivity contribution in [2.75, 3.05) is 19.5 Å². The number of benzene rings is 1. The first-order valence-corrected chi connectivity index (χ1v) is 9.00. The maximum Gasteiger partial charge on any atom is 0.226 e. The topological polar surface area (TPSA) is 60.5 Å². The fourth-order valence-corrected chi connectivity index (χ4v) is 3.95. The van der Waals surface area contributed by atoms with Crippen LogP contribution in [0.5, 0.6) is 11.5 Å². The van der Waals surface area contributed by atoms with Crippen LogP contribution in [0.3, 0.4) is 0 Å². The number of nitrogens with zero attached hydrogens (tertiary/aromatic N) is 1. The van der Waals surface area contributed by atoms with Gasteiger partial charge in [0.2, 0.25) is 5.91 Å². The molecule has 0 spiro atoms. The average Bonchev–Trinajstić information content (AvgIpc) is 3.01. The number of anilines is 1. The molecule has 1 amide bonds. The van der Waals surface area contributed by atoms with Gasteiger partial charge in [-0.1, -0.05) is 6.07 Å². The third kappa shape index (κ3) is 4.86. The molecule has 136 valence electrons. The molecule has 0 fully saturated rings. The van der Waals surface area contributed by atoms with Gasteiger partial charge in [0.15, 0.2) is 16.6 Å². The Kier molecular flexibility index (Phi) is 7.08. The summed E-state index contributed by atoms with van der Waals surface area (Å²) in [6.45, 7) is 0. The van der Waals surface area contributed by atoms with E-state index in [2.05, 4.69) is 10.3 Å². The number of hydrogen-bond donors (Lipinski definition) is 1. The molecule has 0 saturated carbocycles. The highest BCUT2D eigenvalue weighted by Crippen LogP contribution is 2.30. The molecule has 3 rings (SSSR count). The van der Waals surface area contributed by atoms with Gasteiger partial charge in [0.05, 0.1) is 19.9 Å². The number of carbonyl (C=O) groups excluding carboxylic acids is 1. The van der Waals surface area contributed by atoms with E-state index in [0.29, 0.717) is 24.3 Å². The summed E-state index contributed by atoms with van der Waals surface area (Å²) in [7, 11) is 3.22. The Morgan fingerprint density at radius 3 is 2.68 bits per heavy atom. The Balaban J connectivity index is 0.00000225. The number of rotatable bonds is 6. The number of aromatic nitrogens is 1. The van der Waals surface area contributed by atoms with E-state index in [9.17, 15) is 4.79 Å². The summed E-state index contributed by atoms with van der Waals surface area (Å²) in [5, 5.41) is 3.67. The Morgan fingerprint density at radius 1 is 1.20 bits per heavy atom. The zero-order chi connectivity index (χ0) is 16.9. The molecule has 0 saturated heterocycles. The number of amides is 1. The molecule has 0 atom stereocenters. The quantitative estimate of drug-likeness (QED) is 0.819. The second kappa shape index (κ2) is 9.06. The van der Waals surface area contributed by atoms with E-state index in [1.807, 2.05) is 18.2 Å². The summed E-state index contributed by atoms with van der Waals surface area (Å²) in [6.07, 6.45) is 5.62. The van der Waals surface area contributed by atoms with E-state index >= 15 is 0 Å². The van der Waals surface area contributed by atoms with Crippen LogP contribution in [0.4, 0.5) is 5.13 Å². The molecule has 1 heterocycles. The van der Waals surface area contributed by atoms with Crippen LogP contribution in [0.15, 0.2) is 18.2 Å². The van der Waals surface area contributed by atoms with Gasteiger partial charge in [0.1, 0.15) is 0 Å². The summed E-state index contributed by atoms with van der Waals surface area (Å²) < 4.78 is 10.5. The molecule has 1 aliphatic rings. The number of carbonyl (C=O) groups is 1. The molecule has 2 aromatic rings. The minimum Gasteiger partial charge on any atom is -0.493 e. The summed E-state index contributed by atoms with van der Waals surface area (Å²) in [5.74, 6) is 1.37. The molecule has 0 aliphatic heterocycles. The van der Waals surface area contributed by atoms with Crippen LogP contribution in [0, 0.1) is 0 Å². The number of ether oxygens (including phenoxy) is 2. The highest BCUT2D eigenvalue weighted by molar-refractivity contribution is 7.15. The van der Waals surface area contributed by atoms with Gasteiger partial charge in [-0.3, -0.25) is 4.79 Å². The maximum absolute atomic E-state index is 12.2. The zero-order valence-corrected chi connectivity index (χ0v) is 16.1. The van der Waals surface area contributed by atoms with Gasteiger partial charge in [-0.2, -0.15) is 0 Å². The minimum absolute atomic E-state index is 0. The van der Waals surface area contributed by atoms with Crippen molar-refractivity contribution >= 4 is 34.8 Å². The van der Waals surface area contributed by atoms with Crippen LogP contribution < -0.4 is 14.8 Å². The van der Waals surface area contributed by atoms with Crippen LogP contribution in [-0.2, 0) is 24.1 Å². The number of nitrogens with one attached hydrogen (secondary N) is 1. The van der Waals surface area contributed by atoms with E-state index in [1.54, 1.807) is 25.6 Å². The van der Waals surface area contributed by atoms with Gasteiger partial charge >= 0.3 is 0 Å². The Bertz CT molecular complexity index is 710. The number of fused-ring (bicyclic) bond motifs is 1. The van der Waals surface area contributed by atoms with E-state index in [-0.39, 0.29) is 18.3 Å². The first-order valence-electron chi connectivity index (χ1n) is 8.19. The van der Waals surface area contributed by atoms with Crippen molar-refractivity contribution in [1.82, 2.24) is 4.98 Å². The molecule has 7 heteroatoms. The van der Waals surface area contributed by atoms with Crippen molar-refractivity contribution in [1.29, 1.82) is 0 Å². The lowest BCUT2D eigenvalue weighted by atomic mass is 10.0. The molecule has 1 aliphatic carbocycles. The van der Waals surface area contributed by atoms with Crippen LogP contribution in [-0.4, -0.2) is 25.1 Å². The second-order valence-corrected chi connectivity index (χ2v) is 6.92. The monoisotopic (exact) mass is 382 g/mol. The van der Waals surface area contributed by atoms with E-state index < -0.39 is 0 Å².